The zero-order chi connectivity index (χ0) is 7.02. The van der Waals surface area contributed by atoms with Crippen LogP contribution >= 0.6 is 11.6 Å². The Balaban J connectivity index is 2.46. The van der Waals surface area contributed by atoms with Gasteiger partial charge in [0.15, 0.2) is 0 Å². The number of hydrogen-bond acceptors (Lipinski definition) is 2. The number of alkyl halides is 1. The van der Waals surface area contributed by atoms with Crippen molar-refractivity contribution in [2.24, 2.45) is 11.7 Å². The molecule has 9 heavy (non-hydrogen) atoms. The van der Waals surface area contributed by atoms with Gasteiger partial charge < -0.3 is 5.73 Å². The third kappa shape index (κ3) is 1.21. The van der Waals surface area contributed by atoms with Crippen molar-refractivity contribution in [1.82, 2.24) is 0 Å². The van der Waals surface area contributed by atoms with Gasteiger partial charge in [0.25, 0.3) is 5.91 Å². The molecule has 3 nitrogen and oxygen atoms in total. The van der Waals surface area contributed by atoms with E-state index in [1.54, 1.807) is 0 Å². The third-order valence-electron chi connectivity index (χ3n) is 1.29. The minimum absolute atomic E-state index is 0.148. The van der Waals surface area contributed by atoms with E-state index in [-0.39, 0.29) is 11.3 Å². The van der Waals surface area contributed by atoms with Gasteiger partial charge in [0.05, 0.1) is 0 Å². The van der Waals surface area contributed by atoms with Crippen molar-refractivity contribution in [2.45, 2.75) is 11.8 Å². The molecule has 2 unspecified atom stereocenters. The van der Waals surface area contributed by atoms with Gasteiger partial charge >= 0.3 is 0 Å². The number of carbonyl (C=O) groups excluding carboxylic acids is 2. The molecule has 0 radical (unpaired) electrons. The van der Waals surface area contributed by atoms with Crippen LogP contribution in [0.2, 0.25) is 0 Å². The maximum atomic E-state index is 10.6. The number of carbonyl (C=O) groups is 2. The van der Waals surface area contributed by atoms with E-state index >= 15 is 0 Å². The molecule has 0 aliphatic heterocycles. The highest BCUT2D eigenvalue weighted by atomic mass is 35.5. The average Bonchev–Trinajstić information content (AvgIpc) is 2.44. The molecule has 1 aliphatic carbocycles. The quantitative estimate of drug-likeness (QED) is 0.430. The number of hydrogen-bond donors (Lipinski definition) is 1. The second-order valence-electron chi connectivity index (χ2n) is 2.09. The summed E-state index contributed by atoms with van der Waals surface area (Å²) in [6.07, 6.45) is 0.601. The van der Waals surface area contributed by atoms with Crippen LogP contribution in [0.15, 0.2) is 0 Å². The molecule has 50 valence electrons. The number of ketones is 1. The van der Waals surface area contributed by atoms with Gasteiger partial charge in [-0.05, 0) is 6.42 Å². The second kappa shape index (κ2) is 1.99. The van der Waals surface area contributed by atoms with Gasteiger partial charge in [0, 0.05) is 11.3 Å². The van der Waals surface area contributed by atoms with E-state index < -0.39 is 11.7 Å². The molecule has 0 aromatic heterocycles. The zero-order valence-electron chi connectivity index (χ0n) is 4.63. The summed E-state index contributed by atoms with van der Waals surface area (Å²) in [5.41, 5.74) is 4.69. The van der Waals surface area contributed by atoms with Crippen LogP contribution in [-0.4, -0.2) is 17.1 Å². The predicted octanol–water partition coefficient (Wildman–Crippen LogP) is -0.332. The van der Waals surface area contributed by atoms with E-state index in [1.165, 1.54) is 0 Å². The molecular weight excluding hydrogens is 142 g/mol. The topological polar surface area (TPSA) is 60.2 Å². The van der Waals surface area contributed by atoms with E-state index in [0.717, 1.165) is 0 Å². The highest BCUT2D eigenvalue weighted by molar-refractivity contribution is 6.40. The minimum atomic E-state index is -0.872. The van der Waals surface area contributed by atoms with Gasteiger partial charge in [-0.3, -0.25) is 9.59 Å². The monoisotopic (exact) mass is 147 g/mol. The Hall–Kier alpha value is -0.570. The standard InChI is InChI=1S/C5H6ClNO2/c6-3-1-2(3)4(8)5(7)9/h2-3H,1H2,(H2,7,9). The first-order valence-electron chi connectivity index (χ1n) is 2.60. The van der Waals surface area contributed by atoms with Crippen LogP contribution in [0.5, 0.6) is 0 Å². The van der Waals surface area contributed by atoms with E-state index in [2.05, 4.69) is 0 Å². The predicted molar refractivity (Wildman–Crippen MR) is 31.9 cm³/mol. The van der Waals surface area contributed by atoms with Crippen molar-refractivity contribution in [3.8, 4) is 0 Å². The number of primary amides is 1. The SMILES string of the molecule is NC(=O)C(=O)C1CC1Cl. The van der Waals surface area contributed by atoms with E-state index in [0.29, 0.717) is 6.42 Å². The number of Topliss-reactive ketones (excluding diaryl/α,β-unsaturated/α-hetero) is 1. The molecule has 1 amide bonds. The fourth-order valence-corrected chi connectivity index (χ4v) is 0.924. The maximum Gasteiger partial charge on any atom is 0.285 e. The Morgan fingerprint density at radius 3 is 2.11 bits per heavy atom. The van der Waals surface area contributed by atoms with Gasteiger partial charge in [0.2, 0.25) is 5.78 Å². The molecule has 2 N–H and O–H groups in total. The maximum absolute atomic E-state index is 10.6. The molecule has 1 aliphatic rings. The lowest BCUT2D eigenvalue weighted by atomic mass is 10.2. The number of nitrogens with two attached hydrogens (primary N) is 1. The van der Waals surface area contributed by atoms with Crippen molar-refractivity contribution in [1.29, 1.82) is 0 Å². The van der Waals surface area contributed by atoms with Crippen molar-refractivity contribution in [3.05, 3.63) is 0 Å². The molecule has 1 rings (SSSR count). The lowest BCUT2D eigenvalue weighted by Gasteiger charge is -1.86. The highest BCUT2D eigenvalue weighted by Gasteiger charge is 2.43. The Labute approximate surface area is 57.2 Å². The Morgan fingerprint density at radius 1 is 1.56 bits per heavy atom. The van der Waals surface area contributed by atoms with Gasteiger partial charge in [-0.2, -0.15) is 0 Å². The second-order valence-corrected chi connectivity index (χ2v) is 2.65. The van der Waals surface area contributed by atoms with E-state index in [9.17, 15) is 9.59 Å². The molecule has 0 aromatic rings. The van der Waals surface area contributed by atoms with Crippen LogP contribution in [0.4, 0.5) is 0 Å². The van der Waals surface area contributed by atoms with Crippen molar-refractivity contribution < 1.29 is 9.59 Å². The van der Waals surface area contributed by atoms with Gasteiger partial charge in [-0.25, -0.2) is 0 Å². The first-order valence-corrected chi connectivity index (χ1v) is 3.04. The van der Waals surface area contributed by atoms with Crippen molar-refractivity contribution in [2.75, 3.05) is 0 Å². The van der Waals surface area contributed by atoms with Crippen LogP contribution in [0, 0.1) is 5.92 Å². The first-order chi connectivity index (χ1) is 4.13. The number of rotatable bonds is 2. The van der Waals surface area contributed by atoms with Crippen LogP contribution in [-0.2, 0) is 9.59 Å². The summed E-state index contributed by atoms with van der Waals surface area (Å²) in [5, 5.41) is -0.148. The fraction of sp³-hybridized carbons (Fsp3) is 0.600. The van der Waals surface area contributed by atoms with Crippen LogP contribution < -0.4 is 5.73 Å². The Kier molecular flexibility index (Phi) is 1.45. The zero-order valence-corrected chi connectivity index (χ0v) is 5.39. The summed E-state index contributed by atoms with van der Waals surface area (Å²) in [7, 11) is 0. The highest BCUT2D eigenvalue weighted by Crippen LogP contribution is 2.36. The number of amides is 1. The van der Waals surface area contributed by atoms with Crippen LogP contribution in [0.25, 0.3) is 0 Å². The van der Waals surface area contributed by atoms with Crippen molar-refractivity contribution in [3.63, 3.8) is 0 Å². The molecule has 0 aromatic carbocycles. The Morgan fingerprint density at radius 2 is 2.00 bits per heavy atom. The minimum Gasteiger partial charge on any atom is -0.363 e. The summed E-state index contributed by atoms with van der Waals surface area (Å²) < 4.78 is 0. The van der Waals surface area contributed by atoms with Gasteiger partial charge in [-0.15, -0.1) is 11.6 Å². The summed E-state index contributed by atoms with van der Waals surface area (Å²) in [4.78, 5) is 20.7. The lowest BCUT2D eigenvalue weighted by molar-refractivity contribution is -0.136. The Bertz CT molecular complexity index is 168. The van der Waals surface area contributed by atoms with E-state index in [1.807, 2.05) is 0 Å². The molecule has 1 saturated carbocycles. The smallest absolute Gasteiger partial charge is 0.285 e. The summed E-state index contributed by atoms with van der Waals surface area (Å²) in [5.74, 6) is -1.69. The molecule has 1 fully saturated rings. The first kappa shape index (κ1) is 6.55. The third-order valence-corrected chi connectivity index (χ3v) is 1.77. The molecule has 0 heterocycles. The fourth-order valence-electron chi connectivity index (χ4n) is 0.618. The largest absolute Gasteiger partial charge is 0.363 e. The summed E-state index contributed by atoms with van der Waals surface area (Å²) in [6, 6.07) is 0. The normalized spacial score (nSPS) is 31.7. The molecule has 4 heteroatoms. The average molecular weight is 148 g/mol. The van der Waals surface area contributed by atoms with Crippen molar-refractivity contribution >= 4 is 23.3 Å². The molecular formula is C5H6ClNO2. The number of halogens is 1. The van der Waals surface area contributed by atoms with Gasteiger partial charge in [-0.1, -0.05) is 0 Å². The lowest BCUT2D eigenvalue weighted by Crippen LogP contribution is -2.25. The van der Waals surface area contributed by atoms with Crippen LogP contribution in [0.1, 0.15) is 6.42 Å². The van der Waals surface area contributed by atoms with Gasteiger partial charge in [0.1, 0.15) is 0 Å². The summed E-state index contributed by atoms with van der Waals surface area (Å²) in [6.45, 7) is 0. The molecule has 0 saturated heterocycles. The van der Waals surface area contributed by atoms with Crippen LogP contribution in [0.3, 0.4) is 0 Å². The summed E-state index contributed by atoms with van der Waals surface area (Å²) >= 11 is 5.46. The molecule has 2 atom stereocenters. The molecule has 0 spiro atoms. The molecule has 0 bridgehead atoms. The van der Waals surface area contributed by atoms with E-state index in [4.69, 9.17) is 17.3 Å².